The third-order valence-corrected chi connectivity index (χ3v) is 1.84. The zero-order chi connectivity index (χ0) is 10.8. The van der Waals surface area contributed by atoms with Crippen LogP contribution in [0.15, 0.2) is 12.2 Å². The molecule has 0 bridgehead atoms. The molecule has 0 atom stereocenters. The maximum absolute atomic E-state index is 10.4. The Morgan fingerprint density at radius 2 is 2.00 bits per heavy atom. The normalized spacial score (nSPS) is 11.1. The summed E-state index contributed by atoms with van der Waals surface area (Å²) in [6.07, 6.45) is 8.90. The predicted molar refractivity (Wildman–Crippen MR) is 59.1 cm³/mol. The lowest BCUT2D eigenvalue weighted by atomic mass is 10.1. The highest BCUT2D eigenvalue weighted by molar-refractivity contribution is 5.65. The molecule has 0 fully saturated rings. The van der Waals surface area contributed by atoms with Gasteiger partial charge in [-0.15, -0.1) is 0 Å². The van der Waals surface area contributed by atoms with Crippen LogP contribution in [0.1, 0.15) is 46.5 Å². The molecule has 0 aromatic heterocycles. The van der Waals surface area contributed by atoms with Gasteiger partial charge in [-0.1, -0.05) is 26.0 Å². The van der Waals surface area contributed by atoms with Gasteiger partial charge >= 0.3 is 5.97 Å². The van der Waals surface area contributed by atoms with Crippen molar-refractivity contribution in [3.63, 3.8) is 0 Å². The quantitative estimate of drug-likeness (QED) is 0.356. The summed E-state index contributed by atoms with van der Waals surface area (Å²) in [5.74, 6) is 0.473. The summed E-state index contributed by atoms with van der Waals surface area (Å²) in [6.45, 7) is 6.38. The molecule has 0 aliphatic carbocycles. The predicted octanol–water partition coefficient (Wildman–Crippen LogP) is 3.32. The molecule has 2 heteroatoms. The summed E-state index contributed by atoms with van der Waals surface area (Å²) in [5, 5.41) is 0. The summed E-state index contributed by atoms with van der Waals surface area (Å²) in [6, 6.07) is 0. The Kier molecular flexibility index (Phi) is 8.30. The van der Waals surface area contributed by atoms with Crippen molar-refractivity contribution < 1.29 is 9.53 Å². The fourth-order valence-corrected chi connectivity index (χ4v) is 1.13. The Balaban J connectivity index is 3.10. The van der Waals surface area contributed by atoms with Gasteiger partial charge in [0.1, 0.15) is 0 Å². The number of esters is 1. The van der Waals surface area contributed by atoms with Crippen LogP contribution in [0.25, 0.3) is 0 Å². The van der Waals surface area contributed by atoms with Crippen molar-refractivity contribution in [3.05, 3.63) is 12.2 Å². The fraction of sp³-hybridized carbons (Fsp3) is 0.750. The van der Waals surface area contributed by atoms with Gasteiger partial charge in [-0.3, -0.25) is 4.79 Å². The zero-order valence-corrected chi connectivity index (χ0v) is 9.58. The third kappa shape index (κ3) is 11.2. The Bertz CT molecular complexity index is 171. The Morgan fingerprint density at radius 3 is 2.57 bits per heavy atom. The number of unbranched alkanes of at least 4 members (excludes halogenated alkanes) is 3. The average Bonchev–Trinajstić information content (AvgIpc) is 2.08. The van der Waals surface area contributed by atoms with Crippen LogP contribution >= 0.6 is 0 Å². The van der Waals surface area contributed by atoms with E-state index < -0.39 is 0 Å². The van der Waals surface area contributed by atoms with Crippen LogP contribution in [0.5, 0.6) is 0 Å². The van der Waals surface area contributed by atoms with Crippen molar-refractivity contribution in [2.45, 2.75) is 46.5 Å². The summed E-state index contributed by atoms with van der Waals surface area (Å²) in [7, 11) is 0. The zero-order valence-electron chi connectivity index (χ0n) is 9.58. The van der Waals surface area contributed by atoms with Crippen molar-refractivity contribution in [2.24, 2.45) is 5.92 Å². The van der Waals surface area contributed by atoms with Crippen molar-refractivity contribution in [3.8, 4) is 0 Å². The molecule has 0 unspecified atom stereocenters. The second-order valence-electron chi connectivity index (χ2n) is 3.86. The molecule has 0 spiro atoms. The number of carbonyl (C=O) groups is 1. The van der Waals surface area contributed by atoms with Crippen molar-refractivity contribution in [1.29, 1.82) is 0 Å². The maximum atomic E-state index is 10.4. The van der Waals surface area contributed by atoms with Gasteiger partial charge < -0.3 is 4.74 Å². The van der Waals surface area contributed by atoms with Crippen LogP contribution in [0, 0.1) is 5.92 Å². The molecule has 0 aliphatic rings. The van der Waals surface area contributed by atoms with Crippen molar-refractivity contribution in [2.75, 3.05) is 6.61 Å². The number of hydrogen-bond acceptors (Lipinski definition) is 2. The highest BCUT2D eigenvalue weighted by atomic mass is 16.5. The first-order valence-electron chi connectivity index (χ1n) is 5.43. The van der Waals surface area contributed by atoms with Crippen molar-refractivity contribution >= 4 is 5.97 Å². The van der Waals surface area contributed by atoms with Gasteiger partial charge in [0.2, 0.25) is 0 Å². The molecule has 0 amide bonds. The SMILES string of the molecule is CC(=O)OCCCCC/C=C/C(C)C. The lowest BCUT2D eigenvalue weighted by Gasteiger charge is -2.00. The molecular weight excluding hydrogens is 176 g/mol. The molecule has 0 aromatic carbocycles. The summed E-state index contributed by atoms with van der Waals surface area (Å²) >= 11 is 0. The van der Waals surface area contributed by atoms with Crippen LogP contribution in [0.3, 0.4) is 0 Å². The molecule has 2 nitrogen and oxygen atoms in total. The second-order valence-corrected chi connectivity index (χ2v) is 3.86. The van der Waals surface area contributed by atoms with Crippen LogP contribution in [-0.2, 0) is 9.53 Å². The number of ether oxygens (including phenoxy) is 1. The fourth-order valence-electron chi connectivity index (χ4n) is 1.13. The van der Waals surface area contributed by atoms with Gasteiger partial charge in [-0.25, -0.2) is 0 Å². The molecule has 0 saturated carbocycles. The molecule has 82 valence electrons. The number of hydrogen-bond donors (Lipinski definition) is 0. The van der Waals surface area contributed by atoms with Crippen LogP contribution in [0.4, 0.5) is 0 Å². The molecule has 0 aromatic rings. The smallest absolute Gasteiger partial charge is 0.302 e. The Labute approximate surface area is 87.3 Å². The van der Waals surface area contributed by atoms with E-state index in [4.69, 9.17) is 4.74 Å². The van der Waals surface area contributed by atoms with Gasteiger partial charge in [-0.2, -0.15) is 0 Å². The van der Waals surface area contributed by atoms with E-state index >= 15 is 0 Å². The summed E-state index contributed by atoms with van der Waals surface area (Å²) < 4.78 is 4.83. The topological polar surface area (TPSA) is 26.3 Å². The first kappa shape index (κ1) is 13.2. The van der Waals surface area contributed by atoms with E-state index in [1.165, 1.54) is 13.3 Å². The highest BCUT2D eigenvalue weighted by Crippen LogP contribution is 2.03. The summed E-state index contributed by atoms with van der Waals surface area (Å²) in [5.41, 5.74) is 0. The molecule has 0 N–H and O–H groups in total. The lowest BCUT2D eigenvalue weighted by Crippen LogP contribution is -1.99. The second kappa shape index (κ2) is 8.79. The molecule has 14 heavy (non-hydrogen) atoms. The van der Waals surface area contributed by atoms with Crippen LogP contribution in [-0.4, -0.2) is 12.6 Å². The minimum Gasteiger partial charge on any atom is -0.466 e. The third-order valence-electron chi connectivity index (χ3n) is 1.84. The first-order valence-corrected chi connectivity index (χ1v) is 5.43. The number of carbonyl (C=O) groups excluding carboxylic acids is 1. The molecule has 0 rings (SSSR count). The van der Waals surface area contributed by atoms with E-state index in [1.807, 2.05) is 0 Å². The molecule has 0 saturated heterocycles. The minimum absolute atomic E-state index is 0.176. The molecular formula is C12H22O2. The maximum Gasteiger partial charge on any atom is 0.302 e. The lowest BCUT2D eigenvalue weighted by molar-refractivity contribution is -0.141. The largest absolute Gasteiger partial charge is 0.466 e. The van der Waals surface area contributed by atoms with E-state index in [0.29, 0.717) is 12.5 Å². The molecule has 0 aliphatic heterocycles. The standard InChI is InChI=1S/C12H22O2/c1-11(2)9-7-5-4-6-8-10-14-12(3)13/h7,9,11H,4-6,8,10H2,1-3H3/b9-7+. The number of rotatable bonds is 7. The Morgan fingerprint density at radius 1 is 1.29 bits per heavy atom. The Hall–Kier alpha value is -0.790. The van der Waals surface area contributed by atoms with Gasteiger partial charge in [-0.05, 0) is 31.6 Å². The average molecular weight is 198 g/mol. The van der Waals surface area contributed by atoms with Gasteiger partial charge in [0.05, 0.1) is 6.61 Å². The molecule has 0 radical (unpaired) electrons. The summed E-state index contributed by atoms with van der Waals surface area (Å²) in [4.78, 5) is 10.4. The van der Waals surface area contributed by atoms with E-state index in [-0.39, 0.29) is 5.97 Å². The van der Waals surface area contributed by atoms with Crippen molar-refractivity contribution in [1.82, 2.24) is 0 Å². The van der Waals surface area contributed by atoms with E-state index in [9.17, 15) is 4.79 Å². The highest BCUT2D eigenvalue weighted by Gasteiger charge is 1.92. The van der Waals surface area contributed by atoms with Crippen LogP contribution < -0.4 is 0 Å². The van der Waals surface area contributed by atoms with E-state index in [1.54, 1.807) is 0 Å². The monoisotopic (exact) mass is 198 g/mol. The van der Waals surface area contributed by atoms with Gasteiger partial charge in [0.25, 0.3) is 0 Å². The van der Waals surface area contributed by atoms with E-state index in [2.05, 4.69) is 26.0 Å². The van der Waals surface area contributed by atoms with E-state index in [0.717, 1.165) is 19.3 Å². The number of allylic oxidation sites excluding steroid dienone is 2. The van der Waals surface area contributed by atoms with Crippen LogP contribution in [0.2, 0.25) is 0 Å². The molecule has 0 heterocycles. The van der Waals surface area contributed by atoms with Gasteiger partial charge in [0, 0.05) is 6.92 Å². The minimum atomic E-state index is -0.176. The first-order chi connectivity index (χ1) is 6.63. The van der Waals surface area contributed by atoms with Gasteiger partial charge in [0.15, 0.2) is 0 Å².